The fourth-order valence-electron chi connectivity index (χ4n) is 1.84. The van der Waals surface area contributed by atoms with Crippen molar-refractivity contribution in [2.75, 3.05) is 5.75 Å². The van der Waals surface area contributed by atoms with Gasteiger partial charge in [-0.1, -0.05) is 17.7 Å². The smallest absolute Gasteiger partial charge is 0.138 e. The molecule has 1 unspecified atom stereocenters. The highest BCUT2D eigenvalue weighted by Gasteiger charge is 2.13. The summed E-state index contributed by atoms with van der Waals surface area (Å²) >= 11 is 1.66. The Kier molecular flexibility index (Phi) is 4.44. The predicted molar refractivity (Wildman–Crippen MR) is 74.8 cm³/mol. The minimum atomic E-state index is -0.523. The molecule has 2 aromatic rings. The lowest BCUT2D eigenvalue weighted by Crippen LogP contribution is -2.09. The van der Waals surface area contributed by atoms with Crippen molar-refractivity contribution >= 4 is 11.8 Å². The Morgan fingerprint density at radius 1 is 1.44 bits per heavy atom. The van der Waals surface area contributed by atoms with Crippen LogP contribution in [-0.2, 0) is 6.54 Å². The highest BCUT2D eigenvalue weighted by molar-refractivity contribution is 7.99. The molecule has 1 aromatic carbocycles. The van der Waals surface area contributed by atoms with Crippen molar-refractivity contribution in [3.8, 4) is 0 Å². The van der Waals surface area contributed by atoms with Gasteiger partial charge in [-0.3, -0.25) is 0 Å². The molecule has 1 N–H and O–H groups in total. The zero-order valence-electron chi connectivity index (χ0n) is 10.7. The van der Waals surface area contributed by atoms with E-state index in [0.29, 0.717) is 5.75 Å². The van der Waals surface area contributed by atoms with Crippen molar-refractivity contribution in [2.24, 2.45) is 0 Å². The van der Waals surface area contributed by atoms with Crippen LogP contribution in [-0.4, -0.2) is 20.4 Å². The minimum absolute atomic E-state index is 0.523. The maximum absolute atomic E-state index is 10.1. The average Bonchev–Trinajstić information content (AvgIpc) is 2.84. The molecule has 0 spiro atoms. The van der Waals surface area contributed by atoms with E-state index in [0.717, 1.165) is 12.4 Å². The standard InChI is InChI=1S/C14H18N2OS/c1-3-16-8-7-15-14(16)13(17)10-18-12-6-4-5-11(2)9-12/h4-9,13,17H,3,10H2,1-2H3. The molecule has 3 nitrogen and oxygen atoms in total. The number of rotatable bonds is 5. The fourth-order valence-corrected chi connectivity index (χ4v) is 2.78. The highest BCUT2D eigenvalue weighted by atomic mass is 32.2. The maximum atomic E-state index is 10.1. The molecule has 0 aliphatic heterocycles. The lowest BCUT2D eigenvalue weighted by atomic mass is 10.2. The third-order valence-corrected chi connectivity index (χ3v) is 3.85. The van der Waals surface area contributed by atoms with Crippen molar-refractivity contribution in [1.82, 2.24) is 9.55 Å². The molecule has 18 heavy (non-hydrogen) atoms. The Labute approximate surface area is 112 Å². The third-order valence-electron chi connectivity index (χ3n) is 2.78. The number of imidazole rings is 1. The third kappa shape index (κ3) is 3.15. The number of hydrogen-bond acceptors (Lipinski definition) is 3. The Morgan fingerprint density at radius 2 is 2.28 bits per heavy atom. The van der Waals surface area contributed by atoms with E-state index in [9.17, 15) is 5.11 Å². The minimum Gasteiger partial charge on any atom is -0.384 e. The molecule has 96 valence electrons. The van der Waals surface area contributed by atoms with Gasteiger partial charge >= 0.3 is 0 Å². The topological polar surface area (TPSA) is 38.0 Å². The monoisotopic (exact) mass is 262 g/mol. The Hall–Kier alpha value is -1.26. The van der Waals surface area contributed by atoms with Crippen molar-refractivity contribution < 1.29 is 5.11 Å². The summed E-state index contributed by atoms with van der Waals surface area (Å²) in [6.07, 6.45) is 3.11. The quantitative estimate of drug-likeness (QED) is 0.842. The summed E-state index contributed by atoms with van der Waals surface area (Å²) in [6.45, 7) is 4.96. The summed E-state index contributed by atoms with van der Waals surface area (Å²) < 4.78 is 1.97. The van der Waals surface area contributed by atoms with Crippen LogP contribution in [0.4, 0.5) is 0 Å². The Morgan fingerprint density at radius 3 is 3.00 bits per heavy atom. The van der Waals surface area contributed by atoms with E-state index >= 15 is 0 Å². The summed E-state index contributed by atoms with van der Waals surface area (Å²) in [7, 11) is 0. The van der Waals surface area contributed by atoms with Crippen LogP contribution in [0.3, 0.4) is 0 Å². The first-order chi connectivity index (χ1) is 8.70. The van der Waals surface area contributed by atoms with Crippen molar-refractivity contribution in [3.05, 3.63) is 48.0 Å². The van der Waals surface area contributed by atoms with Crippen molar-refractivity contribution in [3.63, 3.8) is 0 Å². The van der Waals surface area contributed by atoms with E-state index < -0.39 is 6.10 Å². The van der Waals surface area contributed by atoms with Gasteiger partial charge in [0.05, 0.1) is 0 Å². The molecule has 4 heteroatoms. The molecular formula is C14H18N2OS. The SMILES string of the molecule is CCn1ccnc1C(O)CSc1cccc(C)c1. The van der Waals surface area contributed by atoms with Gasteiger partial charge < -0.3 is 9.67 Å². The van der Waals surface area contributed by atoms with E-state index in [1.165, 1.54) is 10.5 Å². The van der Waals surface area contributed by atoms with E-state index in [4.69, 9.17) is 0 Å². The van der Waals surface area contributed by atoms with Gasteiger partial charge in [0.2, 0.25) is 0 Å². The van der Waals surface area contributed by atoms with Crippen LogP contribution in [0.5, 0.6) is 0 Å². The van der Waals surface area contributed by atoms with Crippen LogP contribution in [0.15, 0.2) is 41.6 Å². The molecule has 0 saturated heterocycles. The number of aliphatic hydroxyl groups is 1. The molecule has 0 saturated carbocycles. The molecule has 1 heterocycles. The molecule has 0 amide bonds. The van der Waals surface area contributed by atoms with Gasteiger partial charge in [0.1, 0.15) is 11.9 Å². The number of thioether (sulfide) groups is 1. The number of aryl methyl sites for hydroxylation is 2. The maximum Gasteiger partial charge on any atom is 0.138 e. The van der Waals surface area contributed by atoms with E-state index in [1.807, 2.05) is 23.8 Å². The molecule has 0 fully saturated rings. The Balaban J connectivity index is 1.98. The number of benzene rings is 1. The van der Waals surface area contributed by atoms with Crippen LogP contribution in [0, 0.1) is 6.92 Å². The Bertz CT molecular complexity index is 510. The number of aromatic nitrogens is 2. The van der Waals surface area contributed by atoms with E-state index in [-0.39, 0.29) is 0 Å². The summed E-state index contributed by atoms with van der Waals surface area (Å²) in [6, 6.07) is 8.31. The van der Waals surface area contributed by atoms with Gasteiger partial charge in [0, 0.05) is 29.6 Å². The average molecular weight is 262 g/mol. The molecule has 1 aromatic heterocycles. The van der Waals surface area contributed by atoms with Crippen molar-refractivity contribution in [2.45, 2.75) is 31.4 Å². The molecular weight excluding hydrogens is 244 g/mol. The van der Waals surface area contributed by atoms with Crippen LogP contribution in [0.25, 0.3) is 0 Å². The summed E-state index contributed by atoms with van der Waals surface area (Å²) in [5.74, 6) is 1.37. The predicted octanol–water partition coefficient (Wildman–Crippen LogP) is 3.04. The van der Waals surface area contributed by atoms with E-state index in [2.05, 4.69) is 30.1 Å². The number of nitrogens with zero attached hydrogens (tertiary/aromatic N) is 2. The van der Waals surface area contributed by atoms with Gasteiger partial charge in [-0.2, -0.15) is 0 Å². The molecule has 0 bridgehead atoms. The van der Waals surface area contributed by atoms with E-state index in [1.54, 1.807) is 18.0 Å². The van der Waals surface area contributed by atoms with Gasteiger partial charge in [0.15, 0.2) is 0 Å². The molecule has 0 aliphatic carbocycles. The zero-order chi connectivity index (χ0) is 13.0. The first kappa shape index (κ1) is 13.2. The van der Waals surface area contributed by atoms with Crippen LogP contribution < -0.4 is 0 Å². The summed E-state index contributed by atoms with van der Waals surface area (Å²) in [5.41, 5.74) is 1.24. The number of hydrogen-bond donors (Lipinski definition) is 1. The van der Waals surface area contributed by atoms with Crippen LogP contribution in [0.1, 0.15) is 24.4 Å². The van der Waals surface area contributed by atoms with Crippen LogP contribution in [0.2, 0.25) is 0 Å². The van der Waals surface area contributed by atoms with Gasteiger partial charge in [-0.15, -0.1) is 11.8 Å². The highest BCUT2D eigenvalue weighted by Crippen LogP contribution is 2.24. The fraction of sp³-hybridized carbons (Fsp3) is 0.357. The largest absolute Gasteiger partial charge is 0.384 e. The van der Waals surface area contributed by atoms with Gasteiger partial charge in [0.25, 0.3) is 0 Å². The lowest BCUT2D eigenvalue weighted by molar-refractivity contribution is 0.189. The first-order valence-electron chi connectivity index (χ1n) is 6.09. The zero-order valence-corrected chi connectivity index (χ0v) is 11.5. The first-order valence-corrected chi connectivity index (χ1v) is 7.08. The molecule has 0 radical (unpaired) electrons. The lowest BCUT2D eigenvalue weighted by Gasteiger charge is -2.11. The van der Waals surface area contributed by atoms with Gasteiger partial charge in [-0.25, -0.2) is 4.98 Å². The molecule has 0 aliphatic rings. The molecule has 2 rings (SSSR count). The normalized spacial score (nSPS) is 12.6. The summed E-state index contributed by atoms with van der Waals surface area (Å²) in [5, 5.41) is 10.1. The van der Waals surface area contributed by atoms with Gasteiger partial charge in [-0.05, 0) is 26.0 Å². The van der Waals surface area contributed by atoms with Crippen molar-refractivity contribution in [1.29, 1.82) is 0 Å². The second kappa shape index (κ2) is 6.07. The number of aliphatic hydroxyl groups excluding tert-OH is 1. The second-order valence-corrected chi connectivity index (χ2v) is 5.31. The second-order valence-electron chi connectivity index (χ2n) is 4.21. The van der Waals surface area contributed by atoms with Crippen LogP contribution >= 0.6 is 11.8 Å². The summed E-state index contributed by atoms with van der Waals surface area (Å²) in [4.78, 5) is 5.40. The molecule has 1 atom stereocenters.